The maximum Gasteiger partial charge on any atom is 0.296 e. The van der Waals surface area contributed by atoms with Crippen molar-refractivity contribution in [2.24, 2.45) is 5.92 Å². The van der Waals surface area contributed by atoms with Gasteiger partial charge in [0.2, 0.25) is 0 Å². The third kappa shape index (κ3) is 4.11. The molecular formula is C14H15NO4. The van der Waals surface area contributed by atoms with Crippen molar-refractivity contribution in [2.75, 3.05) is 6.54 Å². The number of carbonyl (C=O) groups is 3. The zero-order valence-corrected chi connectivity index (χ0v) is 11.1. The number of furan rings is 1. The minimum atomic E-state index is -0.817. The Kier molecular flexibility index (Phi) is 5.07. The zero-order valence-electron chi connectivity index (χ0n) is 11.1. The minimum Gasteiger partial charge on any atom is -0.457 e. The van der Waals surface area contributed by atoms with Crippen LogP contribution >= 0.6 is 0 Å². The van der Waals surface area contributed by atoms with Crippen molar-refractivity contribution in [3.8, 4) is 11.8 Å². The van der Waals surface area contributed by atoms with Gasteiger partial charge in [-0.05, 0) is 13.0 Å². The highest BCUT2D eigenvalue weighted by Crippen LogP contribution is 2.13. The maximum atomic E-state index is 11.7. The van der Waals surface area contributed by atoms with Crippen molar-refractivity contribution in [1.29, 1.82) is 0 Å². The van der Waals surface area contributed by atoms with Gasteiger partial charge in [0, 0.05) is 5.92 Å². The summed E-state index contributed by atoms with van der Waals surface area (Å²) in [5.74, 6) is 4.34. The van der Waals surface area contributed by atoms with Gasteiger partial charge in [0.05, 0.1) is 12.1 Å². The first kappa shape index (κ1) is 14.7. The van der Waals surface area contributed by atoms with Gasteiger partial charge in [-0.1, -0.05) is 25.7 Å². The number of hydrogen-bond donors (Lipinski definition) is 1. The summed E-state index contributed by atoms with van der Waals surface area (Å²) in [7, 11) is 0. The number of aryl methyl sites for hydroxylation is 1. The Morgan fingerprint density at radius 3 is 2.68 bits per heavy atom. The van der Waals surface area contributed by atoms with E-state index in [9.17, 15) is 14.4 Å². The lowest BCUT2D eigenvalue weighted by Crippen LogP contribution is -2.31. The van der Waals surface area contributed by atoms with Gasteiger partial charge in [-0.15, -0.1) is 0 Å². The Hall–Kier alpha value is -2.35. The number of hydrogen-bond acceptors (Lipinski definition) is 4. The molecule has 0 aromatic carbocycles. The van der Waals surface area contributed by atoms with E-state index >= 15 is 0 Å². The number of Topliss-reactive ketones (excluding diaryl/α,β-unsaturated/α-hetero) is 1. The number of nitrogens with one attached hydrogen (secondary N) is 1. The first-order valence-electron chi connectivity index (χ1n) is 5.82. The van der Waals surface area contributed by atoms with Crippen LogP contribution in [0.2, 0.25) is 0 Å². The number of amides is 1. The highest BCUT2D eigenvalue weighted by Gasteiger charge is 2.20. The molecule has 0 aliphatic rings. The molecule has 0 aliphatic carbocycles. The molecule has 0 saturated heterocycles. The Bertz CT molecular complexity index is 558. The molecule has 0 bridgehead atoms. The highest BCUT2D eigenvalue weighted by atomic mass is 16.3. The molecule has 0 radical (unpaired) electrons. The van der Waals surface area contributed by atoms with Crippen molar-refractivity contribution in [3.05, 3.63) is 23.2 Å². The summed E-state index contributed by atoms with van der Waals surface area (Å²) < 4.78 is 5.06. The summed E-state index contributed by atoms with van der Waals surface area (Å²) in [6.45, 7) is 5.49. The molecule has 0 unspecified atom stereocenters. The molecule has 1 aromatic heterocycles. The minimum absolute atomic E-state index is 0.100. The number of aldehydes is 1. The molecule has 1 N–H and O–H groups in total. The second-order valence-corrected chi connectivity index (χ2v) is 4.23. The Morgan fingerprint density at radius 1 is 1.47 bits per heavy atom. The van der Waals surface area contributed by atoms with Crippen molar-refractivity contribution < 1.29 is 18.8 Å². The van der Waals surface area contributed by atoms with Crippen molar-refractivity contribution in [2.45, 2.75) is 20.8 Å². The average Bonchev–Trinajstić information content (AvgIpc) is 2.74. The lowest BCUT2D eigenvalue weighted by atomic mass is 10.2. The summed E-state index contributed by atoms with van der Waals surface area (Å²) in [5, 5.41) is 2.37. The molecule has 5 nitrogen and oxygen atoms in total. The van der Waals surface area contributed by atoms with Crippen LogP contribution in [-0.2, 0) is 4.79 Å². The van der Waals surface area contributed by atoms with E-state index in [2.05, 4.69) is 17.2 Å². The van der Waals surface area contributed by atoms with E-state index in [-0.39, 0.29) is 23.8 Å². The summed E-state index contributed by atoms with van der Waals surface area (Å²) in [6.07, 6.45) is 0.571. The third-order valence-electron chi connectivity index (χ3n) is 2.24. The van der Waals surface area contributed by atoms with Gasteiger partial charge in [0.25, 0.3) is 11.7 Å². The molecular weight excluding hydrogens is 246 g/mol. The third-order valence-corrected chi connectivity index (χ3v) is 2.24. The fourth-order valence-electron chi connectivity index (χ4n) is 1.30. The van der Waals surface area contributed by atoms with Crippen molar-refractivity contribution in [1.82, 2.24) is 5.32 Å². The predicted octanol–water partition coefficient (Wildman–Crippen LogP) is 1.36. The monoisotopic (exact) mass is 261 g/mol. The van der Waals surface area contributed by atoms with Gasteiger partial charge in [-0.25, -0.2) is 0 Å². The average molecular weight is 261 g/mol. The highest BCUT2D eigenvalue weighted by molar-refractivity contribution is 6.42. The number of carbonyl (C=O) groups excluding carboxylic acids is 3. The topological polar surface area (TPSA) is 76.4 Å². The fraction of sp³-hybridized carbons (Fsp3) is 0.357. The van der Waals surface area contributed by atoms with Gasteiger partial charge < -0.3 is 9.73 Å². The largest absolute Gasteiger partial charge is 0.457 e. The summed E-state index contributed by atoms with van der Waals surface area (Å²) in [5.41, 5.74) is 0.260. The number of ketones is 1. The lowest BCUT2D eigenvalue weighted by Gasteiger charge is -1.97. The quantitative estimate of drug-likeness (QED) is 0.384. The SMILES string of the molecule is Cc1oc(C(=O)C(=O)NCC#CC(C)C)cc1C=O. The molecule has 0 saturated carbocycles. The molecule has 19 heavy (non-hydrogen) atoms. The predicted molar refractivity (Wildman–Crippen MR) is 68.8 cm³/mol. The van der Waals surface area contributed by atoms with Crippen LogP contribution in [0.5, 0.6) is 0 Å². The lowest BCUT2D eigenvalue weighted by molar-refractivity contribution is -0.116. The van der Waals surface area contributed by atoms with E-state index in [4.69, 9.17) is 4.42 Å². The van der Waals surface area contributed by atoms with Gasteiger partial charge in [0.15, 0.2) is 12.0 Å². The van der Waals surface area contributed by atoms with E-state index in [0.717, 1.165) is 0 Å². The Balaban J connectivity index is 2.65. The molecule has 1 amide bonds. The van der Waals surface area contributed by atoms with Crippen molar-refractivity contribution in [3.63, 3.8) is 0 Å². The van der Waals surface area contributed by atoms with E-state index in [0.29, 0.717) is 12.0 Å². The fourth-order valence-corrected chi connectivity index (χ4v) is 1.30. The van der Waals surface area contributed by atoms with Crippen LogP contribution in [0.25, 0.3) is 0 Å². The van der Waals surface area contributed by atoms with Crippen LogP contribution in [0.1, 0.15) is 40.5 Å². The van der Waals surface area contributed by atoms with E-state index in [1.165, 1.54) is 6.07 Å². The summed E-state index contributed by atoms with van der Waals surface area (Å²) in [4.78, 5) is 33.8. The van der Waals surface area contributed by atoms with Gasteiger partial charge in [-0.3, -0.25) is 14.4 Å². The first-order chi connectivity index (χ1) is 8.95. The number of rotatable bonds is 4. The molecule has 5 heteroatoms. The van der Waals surface area contributed by atoms with E-state index in [1.807, 2.05) is 13.8 Å². The van der Waals surface area contributed by atoms with Crippen LogP contribution in [0.3, 0.4) is 0 Å². The summed E-state index contributed by atoms with van der Waals surface area (Å²) in [6, 6.07) is 1.25. The standard InChI is InChI=1S/C14H15NO4/c1-9(2)5-4-6-15-14(18)13(17)12-7-11(8-16)10(3)19-12/h7-9H,6H2,1-3H3,(H,15,18). The van der Waals surface area contributed by atoms with Crippen LogP contribution in [0.15, 0.2) is 10.5 Å². The van der Waals surface area contributed by atoms with E-state index < -0.39 is 11.7 Å². The molecule has 1 heterocycles. The molecule has 0 aliphatic heterocycles. The second kappa shape index (κ2) is 6.55. The zero-order chi connectivity index (χ0) is 14.4. The molecule has 100 valence electrons. The van der Waals surface area contributed by atoms with E-state index in [1.54, 1.807) is 6.92 Å². The van der Waals surface area contributed by atoms with Gasteiger partial charge in [-0.2, -0.15) is 0 Å². The second-order valence-electron chi connectivity index (χ2n) is 4.23. The van der Waals surface area contributed by atoms with Gasteiger partial charge in [0.1, 0.15) is 5.76 Å². The Labute approximate surface area is 111 Å². The molecule has 1 aromatic rings. The Morgan fingerprint density at radius 2 is 2.16 bits per heavy atom. The normalized spacial score (nSPS) is 9.68. The molecule has 1 rings (SSSR count). The van der Waals surface area contributed by atoms with Crippen LogP contribution in [-0.4, -0.2) is 24.5 Å². The van der Waals surface area contributed by atoms with Crippen LogP contribution in [0.4, 0.5) is 0 Å². The van der Waals surface area contributed by atoms with Crippen LogP contribution < -0.4 is 5.32 Å². The first-order valence-corrected chi connectivity index (χ1v) is 5.82. The molecule has 0 fully saturated rings. The van der Waals surface area contributed by atoms with Gasteiger partial charge >= 0.3 is 0 Å². The molecule has 0 atom stereocenters. The van der Waals surface area contributed by atoms with Crippen molar-refractivity contribution >= 4 is 18.0 Å². The maximum absolute atomic E-state index is 11.7. The van der Waals surface area contributed by atoms with Crippen LogP contribution in [0, 0.1) is 24.7 Å². The molecule has 0 spiro atoms. The smallest absolute Gasteiger partial charge is 0.296 e. The summed E-state index contributed by atoms with van der Waals surface area (Å²) >= 11 is 0.